The Morgan fingerprint density at radius 3 is 3.00 bits per heavy atom. The predicted molar refractivity (Wildman–Crippen MR) is 63.3 cm³/mol. The molecule has 2 rings (SSSR count). The van der Waals surface area contributed by atoms with Gasteiger partial charge in [-0.3, -0.25) is 9.36 Å². The van der Waals surface area contributed by atoms with E-state index in [0.29, 0.717) is 0 Å². The highest BCUT2D eigenvalue weighted by Gasteiger charge is 2.49. The van der Waals surface area contributed by atoms with Crippen molar-refractivity contribution in [2.45, 2.75) is 23.1 Å². The molecule has 0 radical (unpaired) electrons. The Morgan fingerprint density at radius 1 is 1.72 bits per heavy atom. The Hall–Kier alpha value is -0.930. The number of nitrogens with zero attached hydrogens (tertiary/aromatic N) is 2. The van der Waals surface area contributed by atoms with Crippen LogP contribution in [0.1, 0.15) is 0 Å². The van der Waals surface area contributed by atoms with Gasteiger partial charge in [-0.05, 0) is 6.26 Å². The average molecular weight is 274 g/mol. The molecule has 1 aromatic rings. The van der Waals surface area contributed by atoms with Crippen LogP contribution in [0.25, 0.3) is 0 Å². The van der Waals surface area contributed by atoms with Gasteiger partial charge >= 0.3 is 0 Å². The van der Waals surface area contributed by atoms with Crippen molar-refractivity contribution in [3.05, 3.63) is 22.6 Å². The van der Waals surface area contributed by atoms with Gasteiger partial charge in [0.15, 0.2) is 10.9 Å². The normalized spacial score (nSPS) is 31.8. The van der Waals surface area contributed by atoms with Crippen LogP contribution >= 0.6 is 11.8 Å². The van der Waals surface area contributed by atoms with Gasteiger partial charge in [0.1, 0.15) is 12.2 Å². The SMILES string of the molecule is CSc1nc(=O)ccn1C1(O)CO[C@H](CO)[C@H]1O. The largest absolute Gasteiger partial charge is 0.394 e. The van der Waals surface area contributed by atoms with Gasteiger partial charge in [-0.25, -0.2) is 0 Å². The van der Waals surface area contributed by atoms with Crippen molar-refractivity contribution < 1.29 is 20.1 Å². The zero-order chi connectivity index (χ0) is 13.3. The summed E-state index contributed by atoms with van der Waals surface area (Å²) in [5.74, 6) is 0. The third kappa shape index (κ3) is 2.06. The van der Waals surface area contributed by atoms with E-state index < -0.39 is 30.1 Å². The van der Waals surface area contributed by atoms with Gasteiger partial charge in [-0.15, -0.1) is 0 Å². The lowest BCUT2D eigenvalue weighted by Crippen LogP contribution is -2.48. The molecule has 0 spiro atoms. The number of ether oxygens (including phenoxy) is 1. The smallest absolute Gasteiger partial charge is 0.273 e. The van der Waals surface area contributed by atoms with Gasteiger partial charge in [-0.1, -0.05) is 11.8 Å². The first-order chi connectivity index (χ1) is 8.52. The quantitative estimate of drug-likeness (QED) is 0.448. The number of aliphatic hydroxyl groups is 3. The summed E-state index contributed by atoms with van der Waals surface area (Å²) >= 11 is 1.17. The molecule has 1 aliphatic rings. The minimum atomic E-state index is -1.73. The molecule has 3 N–H and O–H groups in total. The van der Waals surface area contributed by atoms with E-state index in [4.69, 9.17) is 9.84 Å². The van der Waals surface area contributed by atoms with Crippen LogP contribution in [0.15, 0.2) is 22.2 Å². The second kappa shape index (κ2) is 4.98. The van der Waals surface area contributed by atoms with Gasteiger partial charge in [0.25, 0.3) is 5.56 Å². The van der Waals surface area contributed by atoms with E-state index in [1.54, 1.807) is 6.26 Å². The van der Waals surface area contributed by atoms with Gasteiger partial charge in [0.05, 0.1) is 13.2 Å². The van der Waals surface area contributed by atoms with Crippen LogP contribution in [0, 0.1) is 0 Å². The highest BCUT2D eigenvalue weighted by molar-refractivity contribution is 7.98. The molecule has 0 aromatic carbocycles. The maximum atomic E-state index is 11.2. The molecule has 1 saturated heterocycles. The molecule has 0 aliphatic carbocycles. The Balaban J connectivity index is 2.45. The minimum Gasteiger partial charge on any atom is -0.394 e. The maximum Gasteiger partial charge on any atom is 0.273 e. The fraction of sp³-hybridized carbons (Fsp3) is 0.600. The highest BCUT2D eigenvalue weighted by atomic mass is 32.2. The molecule has 0 saturated carbocycles. The van der Waals surface area contributed by atoms with Crippen LogP contribution in [-0.4, -0.2) is 56.5 Å². The highest BCUT2D eigenvalue weighted by Crippen LogP contribution is 2.31. The van der Waals surface area contributed by atoms with Crippen molar-refractivity contribution in [1.29, 1.82) is 0 Å². The van der Waals surface area contributed by atoms with Crippen molar-refractivity contribution in [2.75, 3.05) is 19.5 Å². The van der Waals surface area contributed by atoms with Gasteiger partial charge in [0.2, 0.25) is 0 Å². The molecular weight excluding hydrogens is 260 g/mol. The monoisotopic (exact) mass is 274 g/mol. The van der Waals surface area contributed by atoms with Gasteiger partial charge < -0.3 is 20.1 Å². The maximum absolute atomic E-state index is 11.2. The third-order valence-electron chi connectivity index (χ3n) is 2.89. The summed E-state index contributed by atoms with van der Waals surface area (Å²) in [6.07, 6.45) is 0.905. The van der Waals surface area contributed by atoms with Gasteiger partial charge in [-0.2, -0.15) is 4.98 Å². The summed E-state index contributed by atoms with van der Waals surface area (Å²) in [7, 11) is 0. The molecule has 3 atom stereocenters. The van der Waals surface area contributed by atoms with Crippen molar-refractivity contribution >= 4 is 11.8 Å². The number of rotatable bonds is 3. The number of aromatic nitrogens is 2. The molecule has 18 heavy (non-hydrogen) atoms. The molecule has 1 unspecified atom stereocenters. The topological polar surface area (TPSA) is 105 Å². The zero-order valence-electron chi connectivity index (χ0n) is 9.68. The summed E-state index contributed by atoms with van der Waals surface area (Å²) in [4.78, 5) is 14.9. The molecule has 0 amide bonds. The molecule has 0 bridgehead atoms. The molecule has 1 aromatic heterocycles. The van der Waals surface area contributed by atoms with E-state index in [9.17, 15) is 15.0 Å². The van der Waals surface area contributed by atoms with Crippen LogP contribution in [-0.2, 0) is 10.5 Å². The van der Waals surface area contributed by atoms with Crippen molar-refractivity contribution in [3.8, 4) is 0 Å². The van der Waals surface area contributed by atoms with E-state index >= 15 is 0 Å². The number of hydrogen-bond acceptors (Lipinski definition) is 7. The number of hydrogen-bond donors (Lipinski definition) is 3. The van der Waals surface area contributed by atoms with E-state index in [1.807, 2.05) is 0 Å². The summed E-state index contributed by atoms with van der Waals surface area (Å²) in [6.45, 7) is -0.580. The van der Waals surface area contributed by atoms with Crippen LogP contribution in [0.2, 0.25) is 0 Å². The molecule has 1 fully saturated rings. The van der Waals surface area contributed by atoms with E-state index in [-0.39, 0.29) is 11.8 Å². The fourth-order valence-corrected chi connectivity index (χ4v) is 2.49. The van der Waals surface area contributed by atoms with Crippen LogP contribution in [0.3, 0.4) is 0 Å². The van der Waals surface area contributed by atoms with Crippen LogP contribution in [0.5, 0.6) is 0 Å². The first-order valence-electron chi connectivity index (χ1n) is 5.30. The molecular formula is C10H14N2O5S. The molecule has 7 nitrogen and oxygen atoms in total. The van der Waals surface area contributed by atoms with Crippen LogP contribution < -0.4 is 5.56 Å². The summed E-state index contributed by atoms with van der Waals surface area (Å²) < 4.78 is 6.42. The Morgan fingerprint density at radius 2 is 2.44 bits per heavy atom. The number of thioether (sulfide) groups is 1. The first kappa shape index (κ1) is 13.5. The molecule has 100 valence electrons. The fourth-order valence-electron chi connectivity index (χ4n) is 1.89. The third-order valence-corrected chi connectivity index (χ3v) is 3.55. The van der Waals surface area contributed by atoms with E-state index in [1.165, 1.54) is 28.6 Å². The van der Waals surface area contributed by atoms with Crippen molar-refractivity contribution in [2.24, 2.45) is 0 Å². The molecule has 1 aliphatic heterocycles. The average Bonchev–Trinajstić information content (AvgIpc) is 2.66. The second-order valence-electron chi connectivity index (χ2n) is 3.98. The van der Waals surface area contributed by atoms with E-state index in [0.717, 1.165) is 0 Å². The molecule has 2 heterocycles. The van der Waals surface area contributed by atoms with Crippen LogP contribution in [0.4, 0.5) is 0 Å². The zero-order valence-corrected chi connectivity index (χ0v) is 10.5. The Labute approximate surface area is 107 Å². The first-order valence-corrected chi connectivity index (χ1v) is 6.52. The van der Waals surface area contributed by atoms with Gasteiger partial charge in [0, 0.05) is 12.3 Å². The second-order valence-corrected chi connectivity index (χ2v) is 4.75. The van der Waals surface area contributed by atoms with Crippen molar-refractivity contribution in [3.63, 3.8) is 0 Å². The predicted octanol–water partition coefficient (Wildman–Crippen LogP) is -1.64. The lowest BCUT2D eigenvalue weighted by molar-refractivity contribution is -0.119. The summed E-state index contributed by atoms with van der Waals surface area (Å²) in [6, 6.07) is 1.19. The lowest BCUT2D eigenvalue weighted by atomic mass is 10.1. The summed E-state index contributed by atoms with van der Waals surface area (Å²) in [5, 5.41) is 29.7. The Kier molecular flexibility index (Phi) is 3.74. The lowest BCUT2D eigenvalue weighted by Gasteiger charge is -2.30. The van der Waals surface area contributed by atoms with E-state index in [2.05, 4.69) is 4.98 Å². The number of aliphatic hydroxyl groups excluding tert-OH is 2. The summed E-state index contributed by atoms with van der Waals surface area (Å²) in [5.41, 5.74) is -2.15. The molecule has 8 heteroatoms. The Bertz CT molecular complexity index is 493. The standard InChI is InChI=1S/C10H14N2O5S/c1-18-9-11-7(14)2-3-12(9)10(16)5-17-6(4-13)8(10)15/h2-3,6,8,13,15-16H,4-5H2,1H3/t6-,8-,10?/m1/s1. The van der Waals surface area contributed by atoms with Crippen molar-refractivity contribution in [1.82, 2.24) is 9.55 Å². The minimum absolute atomic E-state index is 0.183.